The second-order valence-electron chi connectivity index (χ2n) is 13.0. The van der Waals surface area contributed by atoms with E-state index < -0.39 is 126 Å². The largest absolute Gasteiger partial charge is 0.508 e. The first kappa shape index (κ1) is 41.0. The zero-order valence-electron chi connectivity index (χ0n) is 29.6. The molecule has 6 rings (SSSR count). The number of esters is 1. The average molecular weight is 803 g/mol. The molecule has 0 unspecified atom stereocenters. The Labute approximate surface area is 320 Å². The lowest BCUT2D eigenvalue weighted by Crippen LogP contribution is -2.65. The molecule has 2 fully saturated rings. The van der Waals surface area contributed by atoms with Crippen molar-refractivity contribution in [2.24, 2.45) is 0 Å². The number of fused-ring (bicyclic) bond motifs is 1. The highest BCUT2D eigenvalue weighted by atomic mass is 16.8. The van der Waals surface area contributed by atoms with Crippen molar-refractivity contribution < 1.29 is 93.8 Å². The van der Waals surface area contributed by atoms with Gasteiger partial charge in [0, 0.05) is 23.8 Å². The Morgan fingerprint density at radius 2 is 1.47 bits per heavy atom. The van der Waals surface area contributed by atoms with Gasteiger partial charge in [0.25, 0.3) is 0 Å². The van der Waals surface area contributed by atoms with E-state index in [2.05, 4.69) is 0 Å². The van der Waals surface area contributed by atoms with Gasteiger partial charge in [-0.1, -0.05) is 6.07 Å². The van der Waals surface area contributed by atoms with Gasteiger partial charge in [0.2, 0.25) is 17.5 Å². The van der Waals surface area contributed by atoms with E-state index in [1.807, 2.05) is 0 Å². The van der Waals surface area contributed by atoms with Gasteiger partial charge in [-0.25, -0.2) is 4.79 Å². The fourth-order valence-corrected chi connectivity index (χ4v) is 6.14. The summed E-state index contributed by atoms with van der Waals surface area (Å²) in [5.74, 6) is -4.77. The van der Waals surface area contributed by atoms with Crippen molar-refractivity contribution in [2.45, 2.75) is 61.4 Å². The standard InChI is InChI=1S/C37H38O20/c1-51-21-8-14(2-5-18(21)41)3-7-25(44)52-13-24-28(46)31(49)35(57-36-32(50)30(48)27(45)23(12-38)54-36)37(55-24)56-34-29(47)26-20(43)10-16(39)11-22(26)53-33(34)15-4-6-17(40)19(42)9-15/h2-11,23-24,27-28,30-32,35-43,45-46,48-50H,12-13H2,1H3/b7-3+/t23-,24-,27-,28-,30+,31+,32-,35-,36+,37+/m1/s1. The summed E-state index contributed by atoms with van der Waals surface area (Å²) in [6.45, 7) is -1.63. The number of phenolic OH excluding ortho intramolecular Hbond substituents is 5. The number of hydrogen-bond donors (Lipinski definition) is 11. The summed E-state index contributed by atoms with van der Waals surface area (Å²) >= 11 is 0. The van der Waals surface area contributed by atoms with Gasteiger partial charge in [0.1, 0.15) is 71.8 Å². The normalized spacial score (nSPS) is 27.7. The van der Waals surface area contributed by atoms with Crippen LogP contribution in [0.1, 0.15) is 5.56 Å². The Morgan fingerprint density at radius 3 is 2.18 bits per heavy atom. The monoisotopic (exact) mass is 802 g/mol. The molecule has 0 amide bonds. The number of rotatable bonds is 11. The van der Waals surface area contributed by atoms with Gasteiger partial charge in [-0.05, 0) is 42.0 Å². The minimum Gasteiger partial charge on any atom is -0.508 e. The van der Waals surface area contributed by atoms with Gasteiger partial charge in [-0.15, -0.1) is 0 Å². The van der Waals surface area contributed by atoms with Gasteiger partial charge in [-0.3, -0.25) is 4.79 Å². The van der Waals surface area contributed by atoms with E-state index in [0.29, 0.717) is 5.56 Å². The molecule has 0 spiro atoms. The number of aliphatic hydroxyl groups is 6. The number of benzene rings is 3. The van der Waals surface area contributed by atoms with Crippen LogP contribution in [0.3, 0.4) is 0 Å². The molecule has 3 heterocycles. The zero-order chi connectivity index (χ0) is 41.3. The van der Waals surface area contributed by atoms with E-state index in [1.165, 1.54) is 37.5 Å². The number of phenols is 5. The highest BCUT2D eigenvalue weighted by Crippen LogP contribution is 2.40. The predicted molar refractivity (Wildman–Crippen MR) is 189 cm³/mol. The van der Waals surface area contributed by atoms with Crippen molar-refractivity contribution in [3.63, 3.8) is 0 Å². The topological polar surface area (TPSA) is 325 Å². The van der Waals surface area contributed by atoms with Crippen LogP contribution in [0.4, 0.5) is 0 Å². The van der Waals surface area contributed by atoms with Gasteiger partial charge < -0.3 is 89.0 Å². The molecule has 0 radical (unpaired) electrons. The van der Waals surface area contributed by atoms with Crippen molar-refractivity contribution >= 4 is 23.0 Å². The first-order valence-electron chi connectivity index (χ1n) is 17.0. The smallest absolute Gasteiger partial charge is 0.330 e. The van der Waals surface area contributed by atoms with E-state index in [4.69, 9.17) is 32.8 Å². The van der Waals surface area contributed by atoms with Crippen LogP contribution in [-0.2, 0) is 23.7 Å². The zero-order valence-corrected chi connectivity index (χ0v) is 29.6. The molecule has 2 aliphatic heterocycles. The summed E-state index contributed by atoms with van der Waals surface area (Å²) in [6.07, 6.45) is -16.7. The van der Waals surface area contributed by atoms with Gasteiger partial charge in [0.15, 0.2) is 41.2 Å². The Kier molecular flexibility index (Phi) is 12.1. The molecule has 1 aromatic heterocycles. The lowest BCUT2D eigenvalue weighted by atomic mass is 9.97. The molecule has 11 N–H and O–H groups in total. The van der Waals surface area contributed by atoms with Gasteiger partial charge in [0.05, 0.1) is 13.7 Å². The minimum atomic E-state index is -2.10. The molecule has 0 bridgehead atoms. The van der Waals surface area contributed by atoms with Crippen LogP contribution in [0, 0.1) is 0 Å². The molecular weight excluding hydrogens is 764 g/mol. The minimum absolute atomic E-state index is 0.117. The SMILES string of the molecule is COc1cc(/C=C/C(=O)OC[C@H]2O[C@@H](Oc3c(-c4ccc(O)c(O)c4)oc4cc(O)cc(O)c4c3=O)[C@H](O[C@@H]3O[C@H](CO)[C@@H](O)[C@H](O)[C@H]3O)[C@@H](O)[C@@H]2O)ccc1O. The molecule has 306 valence electrons. The molecule has 0 aliphatic carbocycles. The quantitative estimate of drug-likeness (QED) is 0.0505. The van der Waals surface area contributed by atoms with Crippen molar-refractivity contribution in [1.82, 2.24) is 0 Å². The van der Waals surface area contributed by atoms with Crippen LogP contribution in [0.25, 0.3) is 28.4 Å². The Balaban J connectivity index is 1.36. The number of carbonyl (C=O) groups excluding carboxylic acids is 1. The maximum atomic E-state index is 14.1. The van der Waals surface area contributed by atoms with Crippen LogP contribution in [0.2, 0.25) is 0 Å². The Hall–Kier alpha value is -5.68. The number of carbonyl (C=O) groups is 1. The van der Waals surface area contributed by atoms with Gasteiger partial charge >= 0.3 is 5.97 Å². The third kappa shape index (κ3) is 8.39. The van der Waals surface area contributed by atoms with Crippen LogP contribution in [0.5, 0.6) is 40.2 Å². The molecule has 57 heavy (non-hydrogen) atoms. The van der Waals surface area contributed by atoms with Gasteiger partial charge in [-0.2, -0.15) is 0 Å². The first-order valence-corrected chi connectivity index (χ1v) is 17.0. The van der Waals surface area contributed by atoms with E-state index >= 15 is 0 Å². The Bertz CT molecular complexity index is 2180. The molecule has 20 nitrogen and oxygen atoms in total. The summed E-state index contributed by atoms with van der Waals surface area (Å²) in [5, 5.41) is 114. The molecule has 4 aromatic rings. The first-order chi connectivity index (χ1) is 27.1. The maximum absolute atomic E-state index is 14.1. The van der Waals surface area contributed by atoms with Crippen molar-refractivity contribution in [3.05, 3.63) is 70.4 Å². The summed E-state index contributed by atoms with van der Waals surface area (Å²) in [7, 11) is 1.33. The van der Waals surface area contributed by atoms with Crippen LogP contribution in [0.15, 0.2) is 63.8 Å². The lowest BCUT2D eigenvalue weighted by molar-refractivity contribution is -0.358. The molecular formula is C37H38O20. The number of ether oxygens (including phenoxy) is 6. The van der Waals surface area contributed by atoms with E-state index in [9.17, 15) is 65.8 Å². The number of methoxy groups -OCH3 is 1. The van der Waals surface area contributed by atoms with Crippen molar-refractivity contribution in [2.75, 3.05) is 20.3 Å². The third-order valence-corrected chi connectivity index (χ3v) is 9.18. The van der Waals surface area contributed by atoms with E-state index in [0.717, 1.165) is 30.3 Å². The molecule has 3 aromatic carbocycles. The summed E-state index contributed by atoms with van der Waals surface area (Å²) in [6, 6.07) is 9.26. The fraction of sp³-hybridized carbons (Fsp3) is 0.351. The molecule has 10 atom stereocenters. The van der Waals surface area contributed by atoms with Crippen molar-refractivity contribution in [1.29, 1.82) is 0 Å². The summed E-state index contributed by atoms with van der Waals surface area (Å²) in [5.41, 5.74) is -1.18. The summed E-state index contributed by atoms with van der Waals surface area (Å²) < 4.78 is 39.2. The Morgan fingerprint density at radius 1 is 0.772 bits per heavy atom. The van der Waals surface area contributed by atoms with Crippen LogP contribution in [-0.4, -0.2) is 144 Å². The van der Waals surface area contributed by atoms with Crippen LogP contribution >= 0.6 is 0 Å². The third-order valence-electron chi connectivity index (χ3n) is 9.18. The molecule has 2 saturated heterocycles. The maximum Gasteiger partial charge on any atom is 0.330 e. The highest BCUT2D eigenvalue weighted by Gasteiger charge is 2.52. The van der Waals surface area contributed by atoms with E-state index in [-0.39, 0.29) is 22.6 Å². The summed E-state index contributed by atoms with van der Waals surface area (Å²) in [4.78, 5) is 26.8. The van der Waals surface area contributed by atoms with Crippen LogP contribution < -0.4 is 14.9 Å². The number of aliphatic hydroxyl groups excluding tert-OH is 6. The molecule has 20 heteroatoms. The lowest BCUT2D eigenvalue weighted by Gasteiger charge is -2.45. The molecule has 0 saturated carbocycles. The second kappa shape index (κ2) is 16.8. The average Bonchev–Trinajstić information content (AvgIpc) is 3.18. The highest BCUT2D eigenvalue weighted by molar-refractivity contribution is 5.88. The fourth-order valence-electron chi connectivity index (χ4n) is 6.14. The second-order valence-corrected chi connectivity index (χ2v) is 13.0. The van der Waals surface area contributed by atoms with Crippen molar-refractivity contribution in [3.8, 4) is 51.6 Å². The number of aromatic hydroxyl groups is 5. The van der Waals surface area contributed by atoms with E-state index in [1.54, 1.807) is 0 Å². The number of hydrogen-bond acceptors (Lipinski definition) is 20. The predicted octanol–water partition coefficient (Wildman–Crippen LogP) is -0.736. The molecule has 2 aliphatic rings.